The van der Waals surface area contributed by atoms with E-state index in [1.54, 1.807) is 0 Å². The fourth-order valence-corrected chi connectivity index (χ4v) is 4.07. The van der Waals surface area contributed by atoms with Gasteiger partial charge in [-0.15, -0.1) is 0 Å². The number of aliphatic carboxylic acids is 1. The van der Waals surface area contributed by atoms with Crippen molar-refractivity contribution in [2.24, 2.45) is 5.92 Å². The molecule has 0 spiro atoms. The SMILES string of the molecule is O=C(O)C1COCC1N1CCCCS1(=O)=O. The number of hydrogen-bond acceptors (Lipinski definition) is 4. The van der Waals surface area contributed by atoms with Crippen molar-refractivity contribution in [1.82, 2.24) is 4.31 Å². The van der Waals surface area contributed by atoms with Crippen LogP contribution in [0.25, 0.3) is 0 Å². The van der Waals surface area contributed by atoms with E-state index in [0.29, 0.717) is 13.0 Å². The molecular weight excluding hydrogens is 234 g/mol. The van der Waals surface area contributed by atoms with E-state index in [0.717, 1.165) is 6.42 Å². The average Bonchev–Trinajstić information content (AvgIpc) is 2.65. The van der Waals surface area contributed by atoms with Gasteiger partial charge in [0.15, 0.2) is 0 Å². The van der Waals surface area contributed by atoms with Gasteiger partial charge in [0.05, 0.1) is 30.9 Å². The Labute approximate surface area is 94.2 Å². The van der Waals surface area contributed by atoms with Gasteiger partial charge >= 0.3 is 5.97 Å². The number of carboxylic acids is 1. The fraction of sp³-hybridized carbons (Fsp3) is 0.889. The van der Waals surface area contributed by atoms with Crippen molar-refractivity contribution in [3.63, 3.8) is 0 Å². The average molecular weight is 249 g/mol. The minimum absolute atomic E-state index is 0.103. The predicted molar refractivity (Wildman–Crippen MR) is 55.5 cm³/mol. The zero-order valence-corrected chi connectivity index (χ0v) is 9.65. The topological polar surface area (TPSA) is 83.9 Å². The first-order chi connectivity index (χ1) is 7.52. The normalized spacial score (nSPS) is 35.0. The van der Waals surface area contributed by atoms with Gasteiger partial charge in [0, 0.05) is 6.54 Å². The Kier molecular flexibility index (Phi) is 3.18. The summed E-state index contributed by atoms with van der Waals surface area (Å²) in [6, 6.07) is -0.525. The van der Waals surface area contributed by atoms with Crippen molar-refractivity contribution in [3.8, 4) is 0 Å². The Bertz CT molecular complexity index is 379. The zero-order chi connectivity index (χ0) is 11.8. The van der Waals surface area contributed by atoms with Crippen LogP contribution in [0, 0.1) is 5.92 Å². The van der Waals surface area contributed by atoms with E-state index in [4.69, 9.17) is 9.84 Å². The molecule has 0 bridgehead atoms. The van der Waals surface area contributed by atoms with E-state index in [-0.39, 0.29) is 19.0 Å². The lowest BCUT2D eigenvalue weighted by Gasteiger charge is -2.32. The van der Waals surface area contributed by atoms with Crippen molar-refractivity contribution in [3.05, 3.63) is 0 Å². The number of ether oxygens (including phenoxy) is 1. The van der Waals surface area contributed by atoms with Crippen LogP contribution in [-0.4, -0.2) is 55.4 Å². The van der Waals surface area contributed by atoms with Gasteiger partial charge in [-0.05, 0) is 12.8 Å². The maximum absolute atomic E-state index is 11.8. The van der Waals surface area contributed by atoms with Crippen molar-refractivity contribution < 1.29 is 23.1 Å². The zero-order valence-electron chi connectivity index (χ0n) is 8.83. The number of sulfonamides is 1. The van der Waals surface area contributed by atoms with Crippen LogP contribution in [0.2, 0.25) is 0 Å². The van der Waals surface area contributed by atoms with Crippen LogP contribution in [-0.2, 0) is 19.6 Å². The quantitative estimate of drug-likeness (QED) is 0.714. The van der Waals surface area contributed by atoms with E-state index >= 15 is 0 Å². The monoisotopic (exact) mass is 249 g/mol. The number of carbonyl (C=O) groups is 1. The van der Waals surface area contributed by atoms with Crippen molar-refractivity contribution in [2.75, 3.05) is 25.5 Å². The minimum Gasteiger partial charge on any atom is -0.481 e. The Balaban J connectivity index is 2.19. The van der Waals surface area contributed by atoms with Gasteiger partial charge in [0.2, 0.25) is 10.0 Å². The van der Waals surface area contributed by atoms with Gasteiger partial charge in [-0.25, -0.2) is 8.42 Å². The first-order valence-corrected chi connectivity index (χ1v) is 6.93. The molecule has 0 saturated carbocycles. The molecule has 6 nitrogen and oxygen atoms in total. The predicted octanol–water partition coefficient (Wildman–Crippen LogP) is -0.488. The second kappa shape index (κ2) is 4.31. The summed E-state index contributed by atoms with van der Waals surface area (Å²) in [5.74, 6) is -1.59. The van der Waals surface area contributed by atoms with Gasteiger partial charge in [-0.3, -0.25) is 4.79 Å². The van der Waals surface area contributed by atoms with Crippen LogP contribution in [0.1, 0.15) is 12.8 Å². The maximum atomic E-state index is 11.8. The van der Waals surface area contributed by atoms with Gasteiger partial charge in [0.25, 0.3) is 0 Å². The third kappa shape index (κ3) is 2.07. The van der Waals surface area contributed by atoms with E-state index in [1.165, 1.54) is 4.31 Å². The summed E-state index contributed by atoms with van der Waals surface area (Å²) < 4.78 is 30.0. The van der Waals surface area contributed by atoms with Gasteiger partial charge in [0.1, 0.15) is 0 Å². The van der Waals surface area contributed by atoms with E-state index in [1.807, 2.05) is 0 Å². The third-order valence-corrected chi connectivity index (χ3v) is 5.10. The van der Waals surface area contributed by atoms with Crippen molar-refractivity contribution in [1.29, 1.82) is 0 Å². The minimum atomic E-state index is -3.28. The summed E-state index contributed by atoms with van der Waals surface area (Å²) in [6.45, 7) is 0.711. The smallest absolute Gasteiger partial charge is 0.310 e. The Morgan fingerprint density at radius 1 is 1.31 bits per heavy atom. The Hall–Kier alpha value is -0.660. The van der Waals surface area contributed by atoms with Crippen molar-refractivity contribution in [2.45, 2.75) is 18.9 Å². The number of carboxylic acid groups (broad SMARTS) is 1. The fourth-order valence-electron chi connectivity index (χ4n) is 2.24. The van der Waals surface area contributed by atoms with Gasteiger partial charge < -0.3 is 9.84 Å². The molecule has 0 radical (unpaired) electrons. The van der Waals surface area contributed by atoms with E-state index in [2.05, 4.69) is 0 Å². The molecule has 92 valence electrons. The molecule has 2 aliphatic heterocycles. The van der Waals surface area contributed by atoms with Gasteiger partial charge in [-0.2, -0.15) is 4.31 Å². The first kappa shape index (κ1) is 11.8. The molecule has 16 heavy (non-hydrogen) atoms. The van der Waals surface area contributed by atoms with E-state index < -0.39 is 28.0 Å². The molecule has 2 atom stereocenters. The molecular formula is C9H15NO5S. The Morgan fingerprint density at radius 3 is 2.69 bits per heavy atom. The van der Waals surface area contributed by atoms with Crippen LogP contribution >= 0.6 is 0 Å². The molecule has 2 fully saturated rings. The lowest BCUT2D eigenvalue weighted by Crippen LogP contribution is -2.49. The molecule has 0 aromatic rings. The number of nitrogens with zero attached hydrogens (tertiary/aromatic N) is 1. The molecule has 0 amide bonds. The molecule has 2 saturated heterocycles. The van der Waals surface area contributed by atoms with E-state index in [9.17, 15) is 13.2 Å². The van der Waals surface area contributed by atoms with Crippen LogP contribution in [0.15, 0.2) is 0 Å². The second-order valence-corrected chi connectivity index (χ2v) is 6.22. The van der Waals surface area contributed by atoms with Crippen LogP contribution in [0.4, 0.5) is 0 Å². The highest BCUT2D eigenvalue weighted by Gasteiger charge is 2.43. The summed E-state index contributed by atoms with van der Waals surface area (Å²) in [4.78, 5) is 11.0. The Morgan fingerprint density at radius 2 is 2.06 bits per heavy atom. The van der Waals surface area contributed by atoms with Crippen LogP contribution < -0.4 is 0 Å². The molecule has 0 aromatic carbocycles. The standard InChI is InChI=1S/C9H15NO5S/c11-9(12)7-5-15-6-8(7)10-3-1-2-4-16(10,13)14/h7-8H,1-6H2,(H,11,12). The molecule has 2 aliphatic rings. The summed E-state index contributed by atoms with van der Waals surface area (Å²) in [5, 5.41) is 8.98. The highest BCUT2D eigenvalue weighted by Crippen LogP contribution is 2.26. The lowest BCUT2D eigenvalue weighted by atomic mass is 10.0. The molecule has 7 heteroatoms. The molecule has 0 aliphatic carbocycles. The summed E-state index contributed by atoms with van der Waals surface area (Å²) in [7, 11) is -3.28. The molecule has 1 N–H and O–H groups in total. The highest BCUT2D eigenvalue weighted by molar-refractivity contribution is 7.89. The lowest BCUT2D eigenvalue weighted by molar-refractivity contribution is -0.142. The molecule has 2 unspecified atom stereocenters. The summed E-state index contributed by atoms with van der Waals surface area (Å²) >= 11 is 0. The molecule has 2 heterocycles. The highest BCUT2D eigenvalue weighted by atomic mass is 32.2. The van der Waals surface area contributed by atoms with Crippen molar-refractivity contribution >= 4 is 16.0 Å². The largest absolute Gasteiger partial charge is 0.481 e. The molecule has 0 aromatic heterocycles. The molecule has 2 rings (SSSR count). The summed E-state index contributed by atoms with van der Waals surface area (Å²) in [5.41, 5.74) is 0. The van der Waals surface area contributed by atoms with Crippen LogP contribution in [0.3, 0.4) is 0 Å². The number of rotatable bonds is 2. The van der Waals surface area contributed by atoms with Crippen LogP contribution in [0.5, 0.6) is 0 Å². The van der Waals surface area contributed by atoms with Gasteiger partial charge in [-0.1, -0.05) is 0 Å². The number of hydrogen-bond donors (Lipinski definition) is 1. The maximum Gasteiger partial charge on any atom is 0.310 e. The summed E-state index contributed by atoms with van der Waals surface area (Å²) in [6.07, 6.45) is 1.45. The second-order valence-electron chi connectivity index (χ2n) is 4.18. The first-order valence-electron chi connectivity index (χ1n) is 5.32. The third-order valence-electron chi connectivity index (χ3n) is 3.13.